The number of rotatable bonds is 3. The third kappa shape index (κ3) is 2.93. The van der Waals surface area contributed by atoms with Crippen LogP contribution in [-0.4, -0.2) is 41.6 Å². The number of nitrogens with zero attached hydrogens (tertiary/aromatic N) is 1. The number of benzene rings is 2. The minimum absolute atomic E-state index is 0.0271. The Bertz CT molecular complexity index is 968. The van der Waals surface area contributed by atoms with E-state index in [1.54, 1.807) is 0 Å². The highest BCUT2D eigenvalue weighted by molar-refractivity contribution is 5.80. The molecule has 2 atom stereocenters. The van der Waals surface area contributed by atoms with Gasteiger partial charge in [0.2, 0.25) is 5.91 Å². The van der Waals surface area contributed by atoms with Gasteiger partial charge >= 0.3 is 0 Å². The number of fused-ring (bicyclic) bond motifs is 2. The molecule has 5 rings (SSSR count). The summed E-state index contributed by atoms with van der Waals surface area (Å²) in [6, 6.07) is 18.9. The summed E-state index contributed by atoms with van der Waals surface area (Å²) in [6.07, 6.45) is 2.78. The third-order valence-corrected chi connectivity index (χ3v) is 5.89. The highest BCUT2D eigenvalue weighted by Gasteiger charge is 2.48. The van der Waals surface area contributed by atoms with Gasteiger partial charge < -0.3 is 15.0 Å². The van der Waals surface area contributed by atoms with E-state index < -0.39 is 5.54 Å². The first-order chi connectivity index (χ1) is 13.2. The highest BCUT2D eigenvalue weighted by atomic mass is 16.5. The van der Waals surface area contributed by atoms with E-state index in [2.05, 4.69) is 51.6 Å². The molecule has 2 aliphatic rings. The van der Waals surface area contributed by atoms with E-state index in [9.17, 15) is 4.79 Å². The molecule has 3 heterocycles. The molecule has 1 aromatic heterocycles. The quantitative estimate of drug-likeness (QED) is 0.754. The van der Waals surface area contributed by atoms with Gasteiger partial charge in [0.1, 0.15) is 6.61 Å². The van der Waals surface area contributed by atoms with Crippen molar-refractivity contribution >= 4 is 16.8 Å². The summed E-state index contributed by atoms with van der Waals surface area (Å²) in [5.74, 6) is -0.0271. The van der Waals surface area contributed by atoms with Gasteiger partial charge in [-0.2, -0.15) is 0 Å². The highest BCUT2D eigenvalue weighted by Crippen LogP contribution is 2.37. The van der Waals surface area contributed by atoms with E-state index in [1.165, 1.54) is 16.5 Å². The standard InChI is InChI=1S/C22H23N3O2/c26-21-15-27-20-14-25(13-16-6-7-17-8-10-23-19(17)12-16)11-9-22(20,24-21)18-4-2-1-3-5-18/h1-8,10,12,20,23H,9,11,13-15H2,(H,24,26)/t20-,22+/m1/s1. The Morgan fingerprint density at radius 3 is 2.93 bits per heavy atom. The van der Waals surface area contributed by atoms with Gasteiger partial charge in [-0.25, -0.2) is 0 Å². The van der Waals surface area contributed by atoms with Crippen molar-refractivity contribution in [2.45, 2.75) is 24.6 Å². The Balaban J connectivity index is 1.38. The van der Waals surface area contributed by atoms with Crippen molar-refractivity contribution in [1.82, 2.24) is 15.2 Å². The number of hydrogen-bond donors (Lipinski definition) is 2. The Kier molecular flexibility index (Phi) is 3.99. The Morgan fingerprint density at radius 2 is 2.04 bits per heavy atom. The lowest BCUT2D eigenvalue weighted by Gasteiger charge is -2.50. The van der Waals surface area contributed by atoms with E-state index in [1.807, 2.05) is 24.4 Å². The zero-order valence-corrected chi connectivity index (χ0v) is 15.2. The van der Waals surface area contributed by atoms with Crippen molar-refractivity contribution < 1.29 is 9.53 Å². The van der Waals surface area contributed by atoms with Gasteiger partial charge in [0.15, 0.2) is 0 Å². The zero-order chi connectivity index (χ0) is 18.3. The second-order valence-electron chi connectivity index (χ2n) is 7.57. The maximum Gasteiger partial charge on any atom is 0.246 e. The van der Waals surface area contributed by atoms with Crippen LogP contribution < -0.4 is 5.32 Å². The van der Waals surface area contributed by atoms with Crippen molar-refractivity contribution in [3.8, 4) is 0 Å². The topological polar surface area (TPSA) is 57.4 Å². The molecule has 2 fully saturated rings. The fourth-order valence-electron chi connectivity index (χ4n) is 4.51. The van der Waals surface area contributed by atoms with Gasteiger partial charge in [-0.15, -0.1) is 0 Å². The summed E-state index contributed by atoms with van der Waals surface area (Å²) in [7, 11) is 0. The predicted molar refractivity (Wildman–Crippen MR) is 104 cm³/mol. The van der Waals surface area contributed by atoms with Crippen molar-refractivity contribution in [3.63, 3.8) is 0 Å². The summed E-state index contributed by atoms with van der Waals surface area (Å²) in [5.41, 5.74) is 3.17. The number of carbonyl (C=O) groups excluding carboxylic acids is 1. The molecule has 0 aliphatic carbocycles. The molecule has 2 aromatic carbocycles. The molecule has 5 nitrogen and oxygen atoms in total. The summed E-state index contributed by atoms with van der Waals surface area (Å²) >= 11 is 0. The fourth-order valence-corrected chi connectivity index (χ4v) is 4.51. The number of amides is 1. The average molecular weight is 361 g/mol. The lowest BCUT2D eigenvalue weighted by atomic mass is 9.77. The van der Waals surface area contributed by atoms with Gasteiger partial charge in [-0.1, -0.05) is 42.5 Å². The summed E-state index contributed by atoms with van der Waals surface area (Å²) < 4.78 is 6.02. The van der Waals surface area contributed by atoms with E-state index in [4.69, 9.17) is 4.74 Å². The largest absolute Gasteiger partial charge is 0.364 e. The van der Waals surface area contributed by atoms with E-state index in [0.29, 0.717) is 0 Å². The van der Waals surface area contributed by atoms with Gasteiger partial charge in [0, 0.05) is 31.3 Å². The van der Waals surface area contributed by atoms with E-state index >= 15 is 0 Å². The number of likely N-dealkylation sites (tertiary alicyclic amines) is 1. The lowest BCUT2D eigenvalue weighted by Crippen LogP contribution is -2.66. The SMILES string of the molecule is O=C1CO[C@@H]2CN(Cc3ccc4cc[nH]c4c3)CC[C@@]2(c2ccccc2)N1. The number of ether oxygens (including phenoxy) is 1. The number of nitrogens with one attached hydrogen (secondary N) is 2. The molecular weight excluding hydrogens is 338 g/mol. The fraction of sp³-hybridized carbons (Fsp3) is 0.318. The molecule has 5 heteroatoms. The Morgan fingerprint density at radius 1 is 1.15 bits per heavy atom. The van der Waals surface area contributed by atoms with Crippen LogP contribution in [0.15, 0.2) is 60.8 Å². The second-order valence-corrected chi connectivity index (χ2v) is 7.57. The minimum Gasteiger partial charge on any atom is -0.364 e. The maximum absolute atomic E-state index is 12.1. The predicted octanol–water partition coefficient (Wildman–Crippen LogP) is 2.78. The summed E-state index contributed by atoms with van der Waals surface area (Å²) in [5, 5.41) is 4.49. The van der Waals surface area contributed by atoms with Crippen LogP contribution in [0.25, 0.3) is 10.9 Å². The van der Waals surface area contributed by atoms with Crippen LogP contribution in [0.3, 0.4) is 0 Å². The molecule has 2 aliphatic heterocycles. The molecule has 138 valence electrons. The zero-order valence-electron chi connectivity index (χ0n) is 15.2. The first kappa shape index (κ1) is 16.5. The van der Waals surface area contributed by atoms with Crippen LogP contribution in [-0.2, 0) is 21.6 Å². The third-order valence-electron chi connectivity index (χ3n) is 5.89. The molecule has 2 N–H and O–H groups in total. The number of carbonyl (C=O) groups is 1. The summed E-state index contributed by atoms with van der Waals surface area (Å²) in [4.78, 5) is 17.8. The van der Waals surface area contributed by atoms with E-state index in [-0.39, 0.29) is 18.6 Å². The van der Waals surface area contributed by atoms with Crippen molar-refractivity contribution in [3.05, 3.63) is 71.9 Å². The van der Waals surface area contributed by atoms with Crippen LogP contribution in [0.1, 0.15) is 17.5 Å². The van der Waals surface area contributed by atoms with Crippen LogP contribution in [0.5, 0.6) is 0 Å². The number of hydrogen-bond acceptors (Lipinski definition) is 3. The minimum atomic E-state index is -0.420. The van der Waals surface area contributed by atoms with Crippen molar-refractivity contribution in [2.75, 3.05) is 19.7 Å². The van der Waals surface area contributed by atoms with Crippen LogP contribution in [0.2, 0.25) is 0 Å². The molecule has 2 saturated heterocycles. The number of aromatic nitrogens is 1. The molecule has 0 radical (unpaired) electrons. The van der Waals surface area contributed by atoms with Crippen LogP contribution >= 0.6 is 0 Å². The van der Waals surface area contributed by atoms with Gasteiger partial charge in [0.25, 0.3) is 0 Å². The summed E-state index contributed by atoms with van der Waals surface area (Å²) in [6.45, 7) is 2.74. The average Bonchev–Trinajstić information content (AvgIpc) is 3.17. The van der Waals surface area contributed by atoms with Crippen molar-refractivity contribution in [1.29, 1.82) is 0 Å². The number of piperidine rings is 1. The van der Waals surface area contributed by atoms with Gasteiger partial charge in [-0.05, 0) is 35.1 Å². The molecule has 27 heavy (non-hydrogen) atoms. The molecule has 0 unspecified atom stereocenters. The molecule has 0 saturated carbocycles. The second kappa shape index (κ2) is 6.51. The molecular formula is C22H23N3O2. The van der Waals surface area contributed by atoms with Gasteiger partial charge in [0.05, 0.1) is 11.6 Å². The first-order valence-electron chi connectivity index (χ1n) is 9.49. The van der Waals surface area contributed by atoms with E-state index in [0.717, 1.165) is 31.6 Å². The molecule has 0 spiro atoms. The molecule has 1 amide bonds. The number of H-pyrrole nitrogens is 1. The van der Waals surface area contributed by atoms with Gasteiger partial charge in [-0.3, -0.25) is 9.69 Å². The van der Waals surface area contributed by atoms with Crippen LogP contribution in [0, 0.1) is 0 Å². The Hall–Kier alpha value is -2.63. The Labute approximate surface area is 158 Å². The normalized spacial score (nSPS) is 25.9. The first-order valence-corrected chi connectivity index (χ1v) is 9.49. The molecule has 0 bridgehead atoms. The number of aromatic amines is 1. The lowest BCUT2D eigenvalue weighted by molar-refractivity contribution is -0.152. The van der Waals surface area contributed by atoms with Crippen molar-refractivity contribution in [2.24, 2.45) is 0 Å². The molecule has 3 aromatic rings. The maximum atomic E-state index is 12.1. The monoisotopic (exact) mass is 361 g/mol. The number of morpholine rings is 1. The van der Waals surface area contributed by atoms with Crippen LogP contribution in [0.4, 0.5) is 0 Å². The smallest absolute Gasteiger partial charge is 0.246 e.